The van der Waals surface area contributed by atoms with Crippen molar-refractivity contribution in [3.05, 3.63) is 24.3 Å². The molecule has 1 saturated heterocycles. The number of methoxy groups -OCH3 is 1. The molecule has 132 valence electrons. The van der Waals surface area contributed by atoms with Gasteiger partial charge in [-0.05, 0) is 24.0 Å². The number of hydrogen-bond acceptors (Lipinski definition) is 4. The summed E-state index contributed by atoms with van der Waals surface area (Å²) in [5.41, 5.74) is 0.591. The highest BCUT2D eigenvalue weighted by Gasteiger charge is 2.36. The van der Waals surface area contributed by atoms with Crippen LogP contribution in [0.1, 0.15) is 33.6 Å². The van der Waals surface area contributed by atoms with Crippen LogP contribution < -0.4 is 15.0 Å². The Kier molecular flexibility index (Phi) is 5.49. The second-order valence-corrected chi connectivity index (χ2v) is 7.39. The van der Waals surface area contributed by atoms with Crippen LogP contribution in [0.2, 0.25) is 0 Å². The first-order valence-electron chi connectivity index (χ1n) is 8.13. The molecular formula is C18H26N2O4. The maximum absolute atomic E-state index is 12.9. The second kappa shape index (κ2) is 7.21. The SMILES string of the molecule is COc1cccc(N(C(=O)CC(C)(C)C)[C@H]2CN[C@H](C(=O)O)C2)c1. The first kappa shape index (κ1) is 18.3. The monoisotopic (exact) mass is 334 g/mol. The molecule has 0 aliphatic carbocycles. The average Bonchev–Trinajstić information content (AvgIpc) is 2.95. The molecule has 24 heavy (non-hydrogen) atoms. The number of carbonyl (C=O) groups excluding carboxylic acids is 1. The summed E-state index contributed by atoms with van der Waals surface area (Å²) in [5, 5.41) is 12.2. The predicted octanol–water partition coefficient (Wildman–Crippen LogP) is 2.28. The lowest BCUT2D eigenvalue weighted by atomic mass is 9.91. The zero-order valence-electron chi connectivity index (χ0n) is 14.7. The Labute approximate surface area is 142 Å². The molecule has 0 spiro atoms. The number of ether oxygens (including phenoxy) is 1. The second-order valence-electron chi connectivity index (χ2n) is 7.39. The third-order valence-corrected chi connectivity index (χ3v) is 4.05. The number of nitrogens with one attached hydrogen (secondary N) is 1. The smallest absolute Gasteiger partial charge is 0.320 e. The highest BCUT2D eigenvalue weighted by Crippen LogP contribution is 2.29. The van der Waals surface area contributed by atoms with Crippen LogP contribution in [-0.2, 0) is 9.59 Å². The van der Waals surface area contributed by atoms with Gasteiger partial charge in [-0.25, -0.2) is 0 Å². The van der Waals surface area contributed by atoms with Crippen molar-refractivity contribution < 1.29 is 19.4 Å². The van der Waals surface area contributed by atoms with Gasteiger partial charge in [-0.1, -0.05) is 26.8 Å². The van der Waals surface area contributed by atoms with Crippen LogP contribution in [0.4, 0.5) is 5.69 Å². The molecule has 2 rings (SSSR count). The lowest BCUT2D eigenvalue weighted by molar-refractivity contribution is -0.139. The molecule has 1 aromatic rings. The number of nitrogens with zero attached hydrogens (tertiary/aromatic N) is 1. The summed E-state index contributed by atoms with van der Waals surface area (Å²) >= 11 is 0. The number of carboxylic acid groups (broad SMARTS) is 1. The van der Waals surface area contributed by atoms with Crippen molar-refractivity contribution in [3.8, 4) is 5.75 Å². The first-order chi connectivity index (χ1) is 11.2. The van der Waals surface area contributed by atoms with Crippen LogP contribution in [0.25, 0.3) is 0 Å². The Morgan fingerprint density at radius 3 is 2.62 bits per heavy atom. The molecule has 1 fully saturated rings. The molecule has 1 heterocycles. The van der Waals surface area contributed by atoms with Gasteiger partial charge in [-0.3, -0.25) is 9.59 Å². The Morgan fingerprint density at radius 2 is 2.08 bits per heavy atom. The molecule has 0 unspecified atom stereocenters. The number of rotatable bonds is 5. The molecule has 0 radical (unpaired) electrons. The van der Waals surface area contributed by atoms with Gasteiger partial charge in [-0.15, -0.1) is 0 Å². The summed E-state index contributed by atoms with van der Waals surface area (Å²) in [4.78, 5) is 25.9. The molecule has 2 N–H and O–H groups in total. The highest BCUT2D eigenvalue weighted by atomic mass is 16.5. The van der Waals surface area contributed by atoms with E-state index in [1.54, 1.807) is 12.0 Å². The largest absolute Gasteiger partial charge is 0.497 e. The number of carboxylic acids is 1. The van der Waals surface area contributed by atoms with E-state index in [0.717, 1.165) is 5.69 Å². The molecule has 2 atom stereocenters. The van der Waals surface area contributed by atoms with Crippen molar-refractivity contribution in [2.45, 2.75) is 45.7 Å². The summed E-state index contributed by atoms with van der Waals surface area (Å²) < 4.78 is 5.26. The van der Waals surface area contributed by atoms with E-state index in [-0.39, 0.29) is 17.4 Å². The van der Waals surface area contributed by atoms with Gasteiger partial charge in [0.25, 0.3) is 0 Å². The topological polar surface area (TPSA) is 78.9 Å². The number of hydrogen-bond donors (Lipinski definition) is 2. The Balaban J connectivity index is 2.31. The molecule has 1 amide bonds. The van der Waals surface area contributed by atoms with E-state index < -0.39 is 12.0 Å². The minimum Gasteiger partial charge on any atom is -0.497 e. The van der Waals surface area contributed by atoms with E-state index >= 15 is 0 Å². The van der Waals surface area contributed by atoms with Crippen LogP contribution in [0.3, 0.4) is 0 Å². The van der Waals surface area contributed by atoms with Crippen molar-refractivity contribution in [2.75, 3.05) is 18.6 Å². The third kappa shape index (κ3) is 4.47. The normalized spacial score (nSPS) is 20.7. The number of carbonyl (C=O) groups is 2. The van der Waals surface area contributed by atoms with E-state index in [4.69, 9.17) is 4.74 Å². The molecule has 1 aromatic carbocycles. The molecule has 1 aliphatic heterocycles. The third-order valence-electron chi connectivity index (χ3n) is 4.05. The Morgan fingerprint density at radius 1 is 1.38 bits per heavy atom. The molecule has 0 saturated carbocycles. The van der Waals surface area contributed by atoms with Gasteiger partial charge in [0.05, 0.1) is 13.2 Å². The van der Waals surface area contributed by atoms with E-state index in [2.05, 4.69) is 5.32 Å². The maximum atomic E-state index is 12.9. The number of aliphatic carboxylic acids is 1. The molecule has 0 aromatic heterocycles. The van der Waals surface area contributed by atoms with Crippen LogP contribution in [0, 0.1) is 5.41 Å². The lowest BCUT2D eigenvalue weighted by Crippen LogP contribution is -2.43. The predicted molar refractivity (Wildman–Crippen MR) is 92.4 cm³/mol. The number of benzene rings is 1. The fraction of sp³-hybridized carbons (Fsp3) is 0.556. The molecule has 6 nitrogen and oxygen atoms in total. The van der Waals surface area contributed by atoms with Crippen LogP contribution in [0.5, 0.6) is 5.75 Å². The first-order valence-corrected chi connectivity index (χ1v) is 8.13. The number of anilines is 1. The standard InChI is InChI=1S/C18H26N2O4/c1-18(2,3)10-16(21)20(12-6-5-7-14(8-12)24-4)13-9-15(17(22)23)19-11-13/h5-8,13,15,19H,9-11H2,1-4H3,(H,22,23)/t13-,15+/m1/s1. The van der Waals surface area contributed by atoms with Crippen LogP contribution in [-0.4, -0.2) is 42.7 Å². The van der Waals surface area contributed by atoms with E-state index in [0.29, 0.717) is 25.1 Å². The van der Waals surface area contributed by atoms with Crippen LogP contribution >= 0.6 is 0 Å². The molecule has 1 aliphatic rings. The van der Waals surface area contributed by atoms with Gasteiger partial charge in [0.2, 0.25) is 5.91 Å². The van der Waals surface area contributed by atoms with Crippen molar-refractivity contribution in [1.29, 1.82) is 0 Å². The Bertz CT molecular complexity index is 609. The number of amides is 1. The molecular weight excluding hydrogens is 308 g/mol. The minimum absolute atomic E-state index is 0.00593. The summed E-state index contributed by atoms with van der Waals surface area (Å²) in [6.45, 7) is 6.51. The fourth-order valence-corrected chi connectivity index (χ4v) is 2.96. The highest BCUT2D eigenvalue weighted by molar-refractivity contribution is 5.95. The van der Waals surface area contributed by atoms with Crippen molar-refractivity contribution >= 4 is 17.6 Å². The van der Waals surface area contributed by atoms with Crippen LogP contribution in [0.15, 0.2) is 24.3 Å². The van der Waals surface area contributed by atoms with Gasteiger partial charge < -0.3 is 20.1 Å². The fourth-order valence-electron chi connectivity index (χ4n) is 2.96. The van der Waals surface area contributed by atoms with Gasteiger partial charge in [0.15, 0.2) is 0 Å². The summed E-state index contributed by atoms with van der Waals surface area (Å²) in [7, 11) is 1.58. The van der Waals surface area contributed by atoms with E-state index in [1.165, 1.54) is 0 Å². The van der Waals surface area contributed by atoms with Crippen molar-refractivity contribution in [1.82, 2.24) is 5.32 Å². The summed E-state index contributed by atoms with van der Waals surface area (Å²) in [6, 6.07) is 6.52. The van der Waals surface area contributed by atoms with Gasteiger partial charge in [0, 0.05) is 24.7 Å². The zero-order chi connectivity index (χ0) is 17.9. The maximum Gasteiger partial charge on any atom is 0.320 e. The van der Waals surface area contributed by atoms with E-state index in [1.807, 2.05) is 45.0 Å². The molecule has 0 bridgehead atoms. The summed E-state index contributed by atoms with van der Waals surface area (Å²) in [5.74, 6) is -0.221. The van der Waals surface area contributed by atoms with Gasteiger partial charge in [0.1, 0.15) is 11.8 Å². The Hall–Kier alpha value is -2.08. The summed E-state index contributed by atoms with van der Waals surface area (Å²) in [6.07, 6.45) is 0.779. The van der Waals surface area contributed by atoms with Crippen molar-refractivity contribution in [2.24, 2.45) is 5.41 Å². The average molecular weight is 334 g/mol. The van der Waals surface area contributed by atoms with Crippen molar-refractivity contribution in [3.63, 3.8) is 0 Å². The van der Waals surface area contributed by atoms with Gasteiger partial charge >= 0.3 is 5.97 Å². The quantitative estimate of drug-likeness (QED) is 0.864. The minimum atomic E-state index is -0.883. The van der Waals surface area contributed by atoms with E-state index in [9.17, 15) is 14.7 Å². The lowest BCUT2D eigenvalue weighted by Gasteiger charge is -2.31. The zero-order valence-corrected chi connectivity index (χ0v) is 14.7. The molecule has 6 heteroatoms. The van der Waals surface area contributed by atoms with Gasteiger partial charge in [-0.2, -0.15) is 0 Å².